The van der Waals surface area contributed by atoms with Crippen molar-refractivity contribution in [1.29, 1.82) is 0 Å². The van der Waals surface area contributed by atoms with Gasteiger partial charge >= 0.3 is 5.97 Å². The molecule has 2 fully saturated rings. The maximum atomic E-state index is 12.6. The van der Waals surface area contributed by atoms with E-state index in [4.69, 9.17) is 0 Å². The summed E-state index contributed by atoms with van der Waals surface area (Å²) in [6.07, 6.45) is 2.70. The lowest BCUT2D eigenvalue weighted by molar-refractivity contribution is -0.146. The highest BCUT2D eigenvalue weighted by Crippen LogP contribution is 2.40. The number of nitrogens with zero attached hydrogens (tertiary/aromatic N) is 1. The molecule has 21 heavy (non-hydrogen) atoms. The van der Waals surface area contributed by atoms with Crippen molar-refractivity contribution in [2.24, 2.45) is 5.41 Å². The first-order valence-corrected chi connectivity index (χ1v) is 8.60. The van der Waals surface area contributed by atoms with Crippen LogP contribution in [0.5, 0.6) is 0 Å². The van der Waals surface area contributed by atoms with Crippen molar-refractivity contribution >= 4 is 16.0 Å². The molecule has 1 N–H and O–H groups in total. The Morgan fingerprint density at radius 3 is 2.38 bits per heavy atom. The van der Waals surface area contributed by atoms with E-state index in [9.17, 15) is 18.3 Å². The van der Waals surface area contributed by atoms with Crippen LogP contribution in [-0.4, -0.2) is 36.9 Å². The van der Waals surface area contributed by atoms with Gasteiger partial charge in [-0.1, -0.05) is 12.1 Å². The molecule has 1 atom stereocenters. The van der Waals surface area contributed by atoms with Crippen molar-refractivity contribution in [3.8, 4) is 0 Å². The molecule has 5 nitrogen and oxygen atoms in total. The van der Waals surface area contributed by atoms with Crippen LogP contribution in [0.25, 0.3) is 0 Å². The van der Waals surface area contributed by atoms with Gasteiger partial charge in [0.05, 0.1) is 10.3 Å². The van der Waals surface area contributed by atoms with Gasteiger partial charge in [0, 0.05) is 13.1 Å². The van der Waals surface area contributed by atoms with Crippen molar-refractivity contribution in [1.82, 2.24) is 4.31 Å². The summed E-state index contributed by atoms with van der Waals surface area (Å²) in [6, 6.07) is 7.02. The number of carboxylic acid groups (broad SMARTS) is 1. The van der Waals surface area contributed by atoms with Crippen LogP contribution >= 0.6 is 0 Å². The van der Waals surface area contributed by atoms with Gasteiger partial charge in [-0.3, -0.25) is 4.79 Å². The Kier molecular flexibility index (Phi) is 3.33. The number of sulfonamides is 1. The predicted octanol–water partition coefficient (Wildman–Crippen LogP) is 2.05. The molecule has 1 aromatic rings. The molecule has 0 amide bonds. The molecule has 0 radical (unpaired) electrons. The smallest absolute Gasteiger partial charge is 0.310 e. The van der Waals surface area contributed by atoms with E-state index in [1.54, 1.807) is 19.1 Å². The summed E-state index contributed by atoms with van der Waals surface area (Å²) in [5, 5.41) is 9.21. The Morgan fingerprint density at radius 1 is 1.29 bits per heavy atom. The highest BCUT2D eigenvalue weighted by Gasteiger charge is 2.44. The summed E-state index contributed by atoms with van der Waals surface area (Å²) in [5.74, 6) is -0.354. The van der Waals surface area contributed by atoms with Crippen LogP contribution < -0.4 is 0 Å². The SMILES string of the molecule is CC1(C(=O)O)CCN(S(=O)(=O)c2ccc(C3CC3)cc2)C1. The second-order valence-electron chi connectivity index (χ2n) is 6.30. The number of carboxylic acids is 1. The van der Waals surface area contributed by atoms with Crippen LogP contribution in [0.15, 0.2) is 29.2 Å². The number of hydrogen-bond acceptors (Lipinski definition) is 3. The van der Waals surface area contributed by atoms with Crippen LogP contribution in [0.1, 0.15) is 37.7 Å². The topological polar surface area (TPSA) is 74.7 Å². The number of hydrogen-bond donors (Lipinski definition) is 1. The molecule has 1 saturated carbocycles. The van der Waals surface area contributed by atoms with E-state index < -0.39 is 21.4 Å². The first kappa shape index (κ1) is 14.5. The van der Waals surface area contributed by atoms with E-state index in [1.165, 1.54) is 22.7 Å². The predicted molar refractivity (Wildman–Crippen MR) is 77.5 cm³/mol. The molecular formula is C15H19NO4S. The molecular weight excluding hydrogens is 290 g/mol. The molecule has 3 rings (SSSR count). The molecule has 1 unspecified atom stereocenters. The summed E-state index contributed by atoms with van der Waals surface area (Å²) in [4.78, 5) is 11.5. The Morgan fingerprint density at radius 2 is 1.90 bits per heavy atom. The highest BCUT2D eigenvalue weighted by atomic mass is 32.2. The van der Waals surface area contributed by atoms with Gasteiger partial charge in [-0.25, -0.2) is 8.42 Å². The summed E-state index contributed by atoms with van der Waals surface area (Å²) >= 11 is 0. The first-order chi connectivity index (χ1) is 9.83. The van der Waals surface area contributed by atoms with E-state index >= 15 is 0 Å². The molecule has 1 saturated heterocycles. The van der Waals surface area contributed by atoms with Crippen molar-refractivity contribution in [2.75, 3.05) is 13.1 Å². The van der Waals surface area contributed by atoms with Gasteiger partial charge in [0.1, 0.15) is 0 Å². The van der Waals surface area contributed by atoms with Gasteiger partial charge < -0.3 is 5.11 Å². The third-order valence-electron chi connectivity index (χ3n) is 4.52. The van der Waals surface area contributed by atoms with E-state index in [-0.39, 0.29) is 18.0 Å². The first-order valence-electron chi connectivity index (χ1n) is 7.16. The normalized spacial score (nSPS) is 26.9. The molecule has 0 bridgehead atoms. The van der Waals surface area contributed by atoms with E-state index in [1.807, 2.05) is 12.1 Å². The monoisotopic (exact) mass is 309 g/mol. The van der Waals surface area contributed by atoms with Gasteiger partial charge in [0.15, 0.2) is 0 Å². The van der Waals surface area contributed by atoms with E-state index in [2.05, 4.69) is 0 Å². The molecule has 1 heterocycles. The van der Waals surface area contributed by atoms with Crippen molar-refractivity contribution in [2.45, 2.75) is 37.0 Å². The van der Waals surface area contributed by atoms with Gasteiger partial charge in [0.2, 0.25) is 10.0 Å². The van der Waals surface area contributed by atoms with Crippen LogP contribution in [0, 0.1) is 5.41 Å². The Bertz CT molecular complexity index is 663. The van der Waals surface area contributed by atoms with Gasteiger partial charge in [-0.05, 0) is 49.8 Å². The molecule has 0 spiro atoms. The lowest BCUT2D eigenvalue weighted by Crippen LogP contribution is -2.34. The Balaban J connectivity index is 1.82. The number of aliphatic carboxylic acids is 1. The molecule has 1 aromatic carbocycles. The number of rotatable bonds is 4. The van der Waals surface area contributed by atoms with Crippen LogP contribution in [0.4, 0.5) is 0 Å². The minimum Gasteiger partial charge on any atom is -0.481 e. The maximum Gasteiger partial charge on any atom is 0.310 e. The minimum absolute atomic E-state index is 0.0367. The Hall–Kier alpha value is -1.40. The molecule has 6 heteroatoms. The maximum absolute atomic E-state index is 12.6. The minimum atomic E-state index is -3.60. The summed E-state index contributed by atoms with van der Waals surface area (Å²) < 4.78 is 26.4. The lowest BCUT2D eigenvalue weighted by atomic mass is 9.90. The third-order valence-corrected chi connectivity index (χ3v) is 6.38. The molecule has 114 valence electrons. The fourth-order valence-corrected chi connectivity index (χ4v) is 4.34. The van der Waals surface area contributed by atoms with Crippen LogP contribution in [0.2, 0.25) is 0 Å². The third kappa shape index (κ3) is 2.58. The zero-order valence-electron chi connectivity index (χ0n) is 11.9. The van der Waals surface area contributed by atoms with Gasteiger partial charge in [-0.15, -0.1) is 0 Å². The number of carbonyl (C=O) groups is 1. The highest BCUT2D eigenvalue weighted by molar-refractivity contribution is 7.89. The molecule has 1 aliphatic heterocycles. The lowest BCUT2D eigenvalue weighted by Gasteiger charge is -2.20. The standard InChI is InChI=1S/C15H19NO4S/c1-15(14(17)18)8-9-16(10-15)21(19,20)13-6-4-12(5-7-13)11-2-3-11/h4-7,11H,2-3,8-10H2,1H3,(H,17,18). The van der Waals surface area contributed by atoms with Gasteiger partial charge in [-0.2, -0.15) is 4.31 Å². The van der Waals surface area contributed by atoms with E-state index in [0.717, 1.165) is 0 Å². The van der Waals surface area contributed by atoms with E-state index in [0.29, 0.717) is 12.3 Å². The van der Waals surface area contributed by atoms with Crippen molar-refractivity contribution in [3.05, 3.63) is 29.8 Å². The fourth-order valence-electron chi connectivity index (χ4n) is 2.78. The fraction of sp³-hybridized carbons (Fsp3) is 0.533. The molecule has 2 aliphatic rings. The van der Waals surface area contributed by atoms with Crippen LogP contribution in [0.3, 0.4) is 0 Å². The summed E-state index contributed by atoms with van der Waals surface area (Å²) in [5.41, 5.74) is 0.201. The van der Waals surface area contributed by atoms with Crippen molar-refractivity contribution in [3.63, 3.8) is 0 Å². The zero-order chi connectivity index (χ0) is 15.3. The molecule has 1 aliphatic carbocycles. The number of benzene rings is 1. The largest absolute Gasteiger partial charge is 0.481 e. The van der Waals surface area contributed by atoms with Crippen LogP contribution in [-0.2, 0) is 14.8 Å². The average Bonchev–Trinajstić information content (AvgIpc) is 3.21. The summed E-state index contributed by atoms with van der Waals surface area (Å²) in [6.45, 7) is 1.89. The Labute approximate surface area is 124 Å². The molecule has 0 aromatic heterocycles. The summed E-state index contributed by atoms with van der Waals surface area (Å²) in [7, 11) is -3.60. The van der Waals surface area contributed by atoms with Crippen molar-refractivity contribution < 1.29 is 18.3 Å². The second kappa shape index (κ2) is 4.81. The second-order valence-corrected chi connectivity index (χ2v) is 8.24. The average molecular weight is 309 g/mol. The quantitative estimate of drug-likeness (QED) is 0.923. The van der Waals surface area contributed by atoms with Gasteiger partial charge in [0.25, 0.3) is 0 Å². The zero-order valence-corrected chi connectivity index (χ0v) is 12.8.